The highest BCUT2D eigenvalue weighted by atomic mass is 15.1. The number of nitrogens with two attached hydrogens (primary N) is 1. The quantitative estimate of drug-likeness (QED) is 0.497. The highest BCUT2D eigenvalue weighted by Gasteiger charge is 2.02. The normalized spacial score (nSPS) is 15.2. The van der Waals surface area contributed by atoms with Crippen molar-refractivity contribution in [2.75, 3.05) is 20.6 Å². The molecule has 72 valence electrons. The molecule has 0 saturated carbocycles. The van der Waals surface area contributed by atoms with Crippen molar-refractivity contribution in [1.29, 1.82) is 0 Å². The smallest absolute Gasteiger partial charge is 0.0937 e. The third-order valence-corrected chi connectivity index (χ3v) is 1.95. The molecule has 3 heteroatoms. The molecule has 0 aliphatic heterocycles. The number of hydrogen-bond donors (Lipinski definition) is 1. The molecule has 12 heavy (non-hydrogen) atoms. The first-order valence-corrected chi connectivity index (χ1v) is 4.53. The van der Waals surface area contributed by atoms with Crippen molar-refractivity contribution in [3.8, 4) is 0 Å². The molecule has 0 radical (unpaired) electrons. The highest BCUT2D eigenvalue weighted by molar-refractivity contribution is 5.80. The van der Waals surface area contributed by atoms with Crippen LogP contribution in [0.5, 0.6) is 0 Å². The molecule has 0 aliphatic rings. The topological polar surface area (TPSA) is 41.6 Å². The zero-order valence-electron chi connectivity index (χ0n) is 8.67. The van der Waals surface area contributed by atoms with Crippen molar-refractivity contribution in [2.45, 2.75) is 32.7 Å². The van der Waals surface area contributed by atoms with Gasteiger partial charge in [0.15, 0.2) is 0 Å². The van der Waals surface area contributed by atoms with Gasteiger partial charge in [-0.25, -0.2) is 0 Å². The van der Waals surface area contributed by atoms with Crippen LogP contribution in [0.1, 0.15) is 26.7 Å². The zero-order chi connectivity index (χ0) is 9.56. The van der Waals surface area contributed by atoms with Crippen molar-refractivity contribution in [2.24, 2.45) is 10.7 Å². The van der Waals surface area contributed by atoms with Gasteiger partial charge in [0, 0.05) is 12.5 Å². The van der Waals surface area contributed by atoms with Gasteiger partial charge < -0.3 is 10.6 Å². The van der Waals surface area contributed by atoms with E-state index < -0.39 is 0 Å². The monoisotopic (exact) mass is 171 g/mol. The first-order valence-electron chi connectivity index (χ1n) is 4.53. The van der Waals surface area contributed by atoms with Crippen LogP contribution in [0, 0.1) is 0 Å². The van der Waals surface area contributed by atoms with E-state index in [1.807, 2.05) is 0 Å². The minimum Gasteiger partial charge on any atom is -0.387 e. The minimum absolute atomic E-state index is 0.473. The highest BCUT2D eigenvalue weighted by Crippen LogP contribution is 1.93. The first kappa shape index (κ1) is 11.4. The van der Waals surface area contributed by atoms with Crippen LogP contribution in [0.15, 0.2) is 4.99 Å². The molecule has 0 rings (SSSR count). The molecule has 3 nitrogen and oxygen atoms in total. The number of likely N-dealkylation sites (N-methyl/N-ethyl adjacent to an activating group) is 1. The van der Waals surface area contributed by atoms with Gasteiger partial charge in [0.05, 0.1) is 12.4 Å². The second-order valence-corrected chi connectivity index (χ2v) is 3.39. The minimum atomic E-state index is 0.473. The fraction of sp³-hybridized carbons (Fsp3) is 0.889. The van der Waals surface area contributed by atoms with Crippen LogP contribution in [0.4, 0.5) is 0 Å². The van der Waals surface area contributed by atoms with E-state index in [0.717, 1.165) is 25.2 Å². The fourth-order valence-corrected chi connectivity index (χ4v) is 0.748. The molecule has 0 aliphatic carbocycles. The van der Waals surface area contributed by atoms with E-state index in [1.165, 1.54) is 0 Å². The molecule has 0 aromatic rings. The molecule has 0 spiro atoms. The summed E-state index contributed by atoms with van der Waals surface area (Å²) in [6.45, 7) is 5.05. The molecule has 0 aromatic carbocycles. The Morgan fingerprint density at radius 1 is 1.50 bits per heavy atom. The van der Waals surface area contributed by atoms with Crippen LogP contribution >= 0.6 is 0 Å². The predicted octanol–water partition coefficient (Wildman–Crippen LogP) is 1.09. The average Bonchev–Trinajstić information content (AvgIpc) is 2.00. The molecular formula is C9H21N3. The second kappa shape index (κ2) is 6.00. The Kier molecular flexibility index (Phi) is 5.72. The SMILES string of the molecule is CCCC(N)=NCC(C)N(C)C. The Morgan fingerprint density at radius 2 is 2.08 bits per heavy atom. The summed E-state index contributed by atoms with van der Waals surface area (Å²) >= 11 is 0. The summed E-state index contributed by atoms with van der Waals surface area (Å²) in [5.41, 5.74) is 5.66. The van der Waals surface area contributed by atoms with Crippen LogP contribution in [0.25, 0.3) is 0 Å². The van der Waals surface area contributed by atoms with Crippen LogP contribution in [0.3, 0.4) is 0 Å². The Bertz CT molecular complexity index is 141. The third-order valence-electron chi connectivity index (χ3n) is 1.95. The number of hydrogen-bond acceptors (Lipinski definition) is 2. The van der Waals surface area contributed by atoms with Gasteiger partial charge in [-0.1, -0.05) is 6.92 Å². The second-order valence-electron chi connectivity index (χ2n) is 3.39. The van der Waals surface area contributed by atoms with Gasteiger partial charge >= 0.3 is 0 Å². The number of aliphatic imine (C=N–C) groups is 1. The lowest BCUT2D eigenvalue weighted by Gasteiger charge is -2.17. The summed E-state index contributed by atoms with van der Waals surface area (Å²) in [6.07, 6.45) is 1.99. The predicted molar refractivity (Wildman–Crippen MR) is 54.5 cm³/mol. The molecular weight excluding hydrogens is 150 g/mol. The fourth-order valence-electron chi connectivity index (χ4n) is 0.748. The lowest BCUT2D eigenvalue weighted by molar-refractivity contribution is 0.321. The third kappa shape index (κ3) is 5.13. The standard InChI is InChI=1S/C9H21N3/c1-5-6-9(10)11-7-8(2)12(3)4/h8H,5-7H2,1-4H3,(H2,10,11). The molecule has 0 amide bonds. The average molecular weight is 171 g/mol. The van der Waals surface area contributed by atoms with E-state index in [1.54, 1.807) is 0 Å². The van der Waals surface area contributed by atoms with Crippen LogP contribution in [0.2, 0.25) is 0 Å². The summed E-state index contributed by atoms with van der Waals surface area (Å²) < 4.78 is 0. The molecule has 0 saturated heterocycles. The Hall–Kier alpha value is -0.570. The van der Waals surface area contributed by atoms with E-state index in [9.17, 15) is 0 Å². The summed E-state index contributed by atoms with van der Waals surface area (Å²) in [5, 5.41) is 0. The van der Waals surface area contributed by atoms with Gasteiger partial charge in [0.2, 0.25) is 0 Å². The molecule has 0 heterocycles. The van der Waals surface area contributed by atoms with Crippen molar-refractivity contribution in [3.63, 3.8) is 0 Å². The molecule has 0 bridgehead atoms. The molecule has 2 N–H and O–H groups in total. The molecule has 1 unspecified atom stereocenters. The summed E-state index contributed by atoms with van der Waals surface area (Å²) in [6, 6.07) is 0.473. The number of nitrogens with zero attached hydrogens (tertiary/aromatic N) is 2. The van der Waals surface area contributed by atoms with E-state index in [2.05, 4.69) is 37.8 Å². The lowest BCUT2D eigenvalue weighted by atomic mass is 10.3. The van der Waals surface area contributed by atoms with Gasteiger partial charge in [-0.3, -0.25) is 4.99 Å². The van der Waals surface area contributed by atoms with Gasteiger partial charge in [-0.2, -0.15) is 0 Å². The molecule has 1 atom stereocenters. The van der Waals surface area contributed by atoms with Crippen molar-refractivity contribution < 1.29 is 0 Å². The van der Waals surface area contributed by atoms with Crippen molar-refractivity contribution in [3.05, 3.63) is 0 Å². The summed E-state index contributed by atoms with van der Waals surface area (Å²) in [5.74, 6) is 0.784. The van der Waals surface area contributed by atoms with Gasteiger partial charge in [-0.15, -0.1) is 0 Å². The molecule has 0 fully saturated rings. The molecule has 0 aromatic heterocycles. The van der Waals surface area contributed by atoms with E-state index in [-0.39, 0.29) is 0 Å². The zero-order valence-corrected chi connectivity index (χ0v) is 8.67. The van der Waals surface area contributed by atoms with E-state index >= 15 is 0 Å². The van der Waals surface area contributed by atoms with Gasteiger partial charge in [-0.05, 0) is 27.4 Å². The first-order chi connectivity index (χ1) is 5.57. The maximum absolute atomic E-state index is 5.66. The van der Waals surface area contributed by atoms with Crippen LogP contribution in [-0.2, 0) is 0 Å². The maximum Gasteiger partial charge on any atom is 0.0937 e. The maximum atomic E-state index is 5.66. The van der Waals surface area contributed by atoms with E-state index in [4.69, 9.17) is 5.73 Å². The Balaban J connectivity index is 3.71. The van der Waals surface area contributed by atoms with Crippen LogP contribution < -0.4 is 5.73 Å². The Morgan fingerprint density at radius 3 is 2.50 bits per heavy atom. The Labute approximate surface area is 75.7 Å². The summed E-state index contributed by atoms with van der Waals surface area (Å²) in [4.78, 5) is 6.43. The summed E-state index contributed by atoms with van der Waals surface area (Å²) in [7, 11) is 4.10. The largest absolute Gasteiger partial charge is 0.387 e. The van der Waals surface area contributed by atoms with Gasteiger partial charge in [0.1, 0.15) is 0 Å². The van der Waals surface area contributed by atoms with E-state index in [0.29, 0.717) is 6.04 Å². The van der Waals surface area contributed by atoms with Crippen molar-refractivity contribution >= 4 is 5.84 Å². The van der Waals surface area contributed by atoms with Crippen LogP contribution in [-0.4, -0.2) is 37.4 Å². The van der Waals surface area contributed by atoms with Gasteiger partial charge in [0.25, 0.3) is 0 Å². The lowest BCUT2D eigenvalue weighted by Crippen LogP contribution is -2.28. The van der Waals surface area contributed by atoms with Crippen molar-refractivity contribution in [1.82, 2.24) is 4.90 Å². The number of rotatable bonds is 5. The number of amidine groups is 1.